The molecular formula is C6H15N3O2. The molecule has 0 aromatic heterocycles. The lowest BCUT2D eigenvalue weighted by molar-refractivity contribution is 0.111. The number of methoxy groups -OCH3 is 2. The molecule has 0 aromatic rings. The van der Waals surface area contributed by atoms with Gasteiger partial charge in [0.15, 0.2) is 5.96 Å². The second-order valence-electron chi connectivity index (χ2n) is 2.17. The molecule has 0 radical (unpaired) electrons. The Morgan fingerprint density at radius 3 is 2.18 bits per heavy atom. The standard InChI is InChI=1S/C6H15N3O2/c1-10-3-5(4-11-2)9-6(7)8/h5H,3-4H2,1-2H3,(H4,7,8,9). The minimum atomic E-state index is -0.0656. The minimum Gasteiger partial charge on any atom is -0.382 e. The maximum absolute atomic E-state index is 6.94. The van der Waals surface area contributed by atoms with Gasteiger partial charge in [0.2, 0.25) is 0 Å². The zero-order valence-electron chi connectivity index (χ0n) is 6.89. The molecule has 4 N–H and O–H groups in total. The Kier molecular flexibility index (Phi) is 5.50. The lowest BCUT2D eigenvalue weighted by Gasteiger charge is -2.16. The summed E-state index contributed by atoms with van der Waals surface area (Å²) in [6.07, 6.45) is 0. The summed E-state index contributed by atoms with van der Waals surface area (Å²) in [4.78, 5) is 0. The Balaban J connectivity index is 3.59. The summed E-state index contributed by atoms with van der Waals surface area (Å²) in [6, 6.07) is -0.0394. The summed E-state index contributed by atoms with van der Waals surface area (Å²) < 4.78 is 9.73. The normalized spacial score (nSPS) is 10.1. The van der Waals surface area contributed by atoms with Crippen molar-refractivity contribution in [2.24, 2.45) is 5.73 Å². The molecule has 0 amide bonds. The first kappa shape index (κ1) is 10.2. The maximum Gasteiger partial charge on any atom is 0.186 e. The summed E-state index contributed by atoms with van der Waals surface area (Å²) in [6.45, 7) is 0.959. The molecule has 0 bridgehead atoms. The molecule has 0 atom stereocenters. The first-order valence-corrected chi connectivity index (χ1v) is 3.29. The fourth-order valence-electron chi connectivity index (χ4n) is 0.754. The zero-order chi connectivity index (χ0) is 8.69. The highest BCUT2D eigenvalue weighted by atomic mass is 16.5. The Bertz CT molecular complexity index is 112. The van der Waals surface area contributed by atoms with Gasteiger partial charge in [-0.05, 0) is 0 Å². The lowest BCUT2D eigenvalue weighted by Crippen LogP contribution is -2.44. The smallest absolute Gasteiger partial charge is 0.186 e. The lowest BCUT2D eigenvalue weighted by atomic mass is 10.3. The van der Waals surface area contributed by atoms with Crippen LogP contribution >= 0.6 is 0 Å². The molecule has 0 fully saturated rings. The highest BCUT2D eigenvalue weighted by molar-refractivity contribution is 5.74. The fraction of sp³-hybridized carbons (Fsp3) is 0.833. The highest BCUT2D eigenvalue weighted by Gasteiger charge is 2.06. The van der Waals surface area contributed by atoms with Crippen molar-refractivity contribution in [1.29, 1.82) is 5.41 Å². The molecule has 0 aliphatic rings. The Morgan fingerprint density at radius 2 is 1.91 bits per heavy atom. The predicted molar refractivity (Wildman–Crippen MR) is 42.6 cm³/mol. The van der Waals surface area contributed by atoms with Gasteiger partial charge in [-0.1, -0.05) is 0 Å². The van der Waals surface area contributed by atoms with E-state index >= 15 is 0 Å². The minimum absolute atomic E-state index is 0.0394. The van der Waals surface area contributed by atoms with Crippen LogP contribution in [0.5, 0.6) is 0 Å². The van der Waals surface area contributed by atoms with Crippen LogP contribution in [0.15, 0.2) is 0 Å². The summed E-state index contributed by atoms with van der Waals surface area (Å²) in [7, 11) is 3.18. The van der Waals surface area contributed by atoms with E-state index in [-0.39, 0.29) is 12.0 Å². The van der Waals surface area contributed by atoms with Gasteiger partial charge in [0, 0.05) is 14.2 Å². The Hall–Kier alpha value is -0.810. The molecule has 5 heteroatoms. The number of nitrogens with two attached hydrogens (primary N) is 1. The van der Waals surface area contributed by atoms with Crippen LogP contribution in [-0.2, 0) is 9.47 Å². The quantitative estimate of drug-likeness (QED) is 0.362. The van der Waals surface area contributed by atoms with Gasteiger partial charge < -0.3 is 20.5 Å². The third-order valence-electron chi connectivity index (χ3n) is 1.10. The van der Waals surface area contributed by atoms with Crippen molar-refractivity contribution in [1.82, 2.24) is 5.32 Å². The molecule has 66 valence electrons. The van der Waals surface area contributed by atoms with E-state index in [1.165, 1.54) is 0 Å². The van der Waals surface area contributed by atoms with Gasteiger partial charge in [-0.3, -0.25) is 5.41 Å². The second-order valence-corrected chi connectivity index (χ2v) is 2.17. The number of hydrogen-bond donors (Lipinski definition) is 3. The van der Waals surface area contributed by atoms with Gasteiger partial charge in [0.05, 0.1) is 19.3 Å². The van der Waals surface area contributed by atoms with E-state index in [1.54, 1.807) is 14.2 Å². The third kappa shape index (κ3) is 5.63. The first-order valence-electron chi connectivity index (χ1n) is 3.29. The number of hydrogen-bond acceptors (Lipinski definition) is 3. The van der Waals surface area contributed by atoms with Crippen LogP contribution in [-0.4, -0.2) is 39.4 Å². The van der Waals surface area contributed by atoms with Gasteiger partial charge in [-0.15, -0.1) is 0 Å². The number of nitrogens with one attached hydrogen (secondary N) is 2. The van der Waals surface area contributed by atoms with Crippen LogP contribution < -0.4 is 11.1 Å². The zero-order valence-corrected chi connectivity index (χ0v) is 6.89. The van der Waals surface area contributed by atoms with Gasteiger partial charge in [-0.2, -0.15) is 0 Å². The van der Waals surface area contributed by atoms with Crippen molar-refractivity contribution in [2.75, 3.05) is 27.4 Å². The van der Waals surface area contributed by atoms with Crippen LogP contribution in [0.2, 0.25) is 0 Å². The van der Waals surface area contributed by atoms with Crippen LogP contribution in [0.1, 0.15) is 0 Å². The monoisotopic (exact) mass is 161 g/mol. The van der Waals surface area contributed by atoms with E-state index < -0.39 is 0 Å². The van der Waals surface area contributed by atoms with Crippen LogP contribution in [0, 0.1) is 5.41 Å². The topological polar surface area (TPSA) is 80.4 Å². The van der Waals surface area contributed by atoms with Gasteiger partial charge >= 0.3 is 0 Å². The molecule has 0 heterocycles. The average molecular weight is 161 g/mol. The number of ether oxygens (including phenoxy) is 2. The Labute approximate surface area is 66.4 Å². The maximum atomic E-state index is 6.94. The van der Waals surface area contributed by atoms with E-state index in [0.717, 1.165) is 0 Å². The predicted octanol–water partition coefficient (Wildman–Crippen LogP) is -0.869. The van der Waals surface area contributed by atoms with Crippen molar-refractivity contribution in [3.05, 3.63) is 0 Å². The summed E-state index contributed by atoms with van der Waals surface area (Å²) in [5, 5.41) is 9.63. The fourth-order valence-corrected chi connectivity index (χ4v) is 0.754. The van der Waals surface area contributed by atoms with E-state index in [9.17, 15) is 0 Å². The van der Waals surface area contributed by atoms with E-state index in [2.05, 4.69) is 5.32 Å². The van der Waals surface area contributed by atoms with Crippen molar-refractivity contribution in [3.63, 3.8) is 0 Å². The van der Waals surface area contributed by atoms with Gasteiger partial charge in [-0.25, -0.2) is 0 Å². The molecule has 0 aliphatic carbocycles. The summed E-state index contributed by atoms with van der Waals surface area (Å²) in [5.41, 5.74) is 5.11. The number of rotatable bonds is 5. The molecule has 0 aromatic carbocycles. The Morgan fingerprint density at radius 1 is 1.45 bits per heavy atom. The second kappa shape index (κ2) is 5.94. The molecule has 0 saturated heterocycles. The van der Waals surface area contributed by atoms with Crippen LogP contribution in [0.3, 0.4) is 0 Å². The molecule has 0 rings (SSSR count). The molecule has 0 saturated carbocycles. The summed E-state index contributed by atoms with van der Waals surface area (Å²) in [5.74, 6) is -0.0656. The SMILES string of the molecule is COCC(COC)NC(=N)N. The van der Waals surface area contributed by atoms with Gasteiger partial charge in [0.25, 0.3) is 0 Å². The van der Waals surface area contributed by atoms with Crippen molar-refractivity contribution in [2.45, 2.75) is 6.04 Å². The van der Waals surface area contributed by atoms with Crippen LogP contribution in [0.25, 0.3) is 0 Å². The summed E-state index contributed by atoms with van der Waals surface area (Å²) >= 11 is 0. The molecule has 0 spiro atoms. The van der Waals surface area contributed by atoms with Gasteiger partial charge in [0.1, 0.15) is 0 Å². The highest BCUT2D eigenvalue weighted by Crippen LogP contribution is 1.84. The van der Waals surface area contributed by atoms with E-state index in [0.29, 0.717) is 13.2 Å². The van der Waals surface area contributed by atoms with E-state index in [4.69, 9.17) is 20.6 Å². The van der Waals surface area contributed by atoms with E-state index in [1.807, 2.05) is 0 Å². The van der Waals surface area contributed by atoms with Crippen molar-refractivity contribution < 1.29 is 9.47 Å². The molecule has 0 unspecified atom stereocenters. The third-order valence-corrected chi connectivity index (χ3v) is 1.10. The average Bonchev–Trinajstić information content (AvgIpc) is 1.87. The molecule has 11 heavy (non-hydrogen) atoms. The first-order chi connectivity index (χ1) is 5.20. The molecule has 0 aliphatic heterocycles. The number of guanidine groups is 1. The molecular weight excluding hydrogens is 146 g/mol. The largest absolute Gasteiger partial charge is 0.382 e. The molecule has 5 nitrogen and oxygen atoms in total. The van der Waals surface area contributed by atoms with Crippen molar-refractivity contribution in [3.8, 4) is 0 Å². The van der Waals surface area contributed by atoms with Crippen molar-refractivity contribution >= 4 is 5.96 Å². The van der Waals surface area contributed by atoms with Crippen LogP contribution in [0.4, 0.5) is 0 Å².